The number of unbranched alkanes of at least 4 members (excludes halogenated alkanes) is 1. The number of hydroxylamine groups is 2. The first-order chi connectivity index (χ1) is 19.2. The molecule has 0 saturated carbocycles. The Bertz CT molecular complexity index is 1040. The summed E-state index contributed by atoms with van der Waals surface area (Å²) in [5, 5.41) is 8.68. The summed E-state index contributed by atoms with van der Waals surface area (Å²) in [4.78, 5) is 66.7. The molecule has 0 spiro atoms. The number of fused-ring (bicyclic) bond motifs is 1. The minimum Gasteiger partial charge on any atom is -0.444 e. The number of benzene rings is 1. The van der Waals surface area contributed by atoms with Gasteiger partial charge in [-0.3, -0.25) is 19.2 Å². The topological polar surface area (TPSA) is 162 Å². The summed E-state index contributed by atoms with van der Waals surface area (Å²) in [6.07, 6.45) is 0.180. The molecule has 1 aliphatic rings. The van der Waals surface area contributed by atoms with Crippen LogP contribution in [0.2, 0.25) is 0 Å². The predicted molar refractivity (Wildman–Crippen MR) is 148 cm³/mol. The van der Waals surface area contributed by atoms with E-state index >= 15 is 0 Å². The van der Waals surface area contributed by atoms with Crippen molar-refractivity contribution in [1.29, 1.82) is 0 Å². The smallest absolute Gasteiger partial charge is 0.408 e. The van der Waals surface area contributed by atoms with E-state index in [0.717, 1.165) is 0 Å². The molecule has 41 heavy (non-hydrogen) atoms. The zero-order valence-corrected chi connectivity index (χ0v) is 24.7. The Hall–Kier alpha value is -3.71. The number of imide groups is 1. The Kier molecular flexibility index (Phi) is 12.5. The van der Waals surface area contributed by atoms with Crippen LogP contribution in [-0.2, 0) is 23.8 Å². The second kappa shape index (κ2) is 15.3. The SMILES string of the molecule is CC(C)(C)OC(=O)NCCCC[C@@H](NC(=O)OC(C)(C)C)C(=O)NCCOCCON1C(=O)c2ccccc2C1=O. The quantitative estimate of drug-likeness (QED) is 0.223. The first kappa shape index (κ1) is 33.5. The van der Waals surface area contributed by atoms with E-state index in [-0.39, 0.29) is 37.5 Å². The molecule has 1 heterocycles. The highest BCUT2D eigenvalue weighted by atomic mass is 16.7. The van der Waals surface area contributed by atoms with Gasteiger partial charge in [0.15, 0.2) is 0 Å². The first-order valence-corrected chi connectivity index (χ1v) is 13.6. The Balaban J connectivity index is 1.71. The van der Waals surface area contributed by atoms with Crippen LogP contribution in [0.5, 0.6) is 0 Å². The normalized spacial score (nSPS) is 13.9. The Morgan fingerprint density at radius 2 is 1.37 bits per heavy atom. The Morgan fingerprint density at radius 3 is 1.95 bits per heavy atom. The molecule has 0 aromatic heterocycles. The number of hydrogen-bond acceptors (Lipinski definition) is 9. The monoisotopic (exact) mass is 578 g/mol. The van der Waals surface area contributed by atoms with Crippen LogP contribution < -0.4 is 16.0 Å². The maximum Gasteiger partial charge on any atom is 0.408 e. The highest BCUT2D eigenvalue weighted by molar-refractivity contribution is 6.20. The van der Waals surface area contributed by atoms with Gasteiger partial charge in [-0.25, -0.2) is 9.59 Å². The number of carbonyl (C=O) groups is 5. The molecule has 0 bridgehead atoms. The van der Waals surface area contributed by atoms with Crippen LogP contribution >= 0.6 is 0 Å². The maximum absolute atomic E-state index is 12.8. The summed E-state index contributed by atoms with van der Waals surface area (Å²) >= 11 is 0. The minimum absolute atomic E-state index is 0.0421. The van der Waals surface area contributed by atoms with Crippen molar-refractivity contribution in [3.05, 3.63) is 35.4 Å². The fraction of sp³-hybridized carbons (Fsp3) is 0.607. The summed E-state index contributed by atoms with van der Waals surface area (Å²) in [5.74, 6) is -1.47. The van der Waals surface area contributed by atoms with Gasteiger partial charge in [-0.15, -0.1) is 5.06 Å². The van der Waals surface area contributed by atoms with Gasteiger partial charge in [-0.2, -0.15) is 0 Å². The van der Waals surface area contributed by atoms with E-state index in [9.17, 15) is 24.0 Å². The summed E-state index contributed by atoms with van der Waals surface area (Å²) in [5.41, 5.74) is -0.754. The molecular weight excluding hydrogens is 536 g/mol. The summed E-state index contributed by atoms with van der Waals surface area (Å²) in [6, 6.07) is 5.60. The molecule has 1 aromatic carbocycles. The molecule has 0 saturated heterocycles. The van der Waals surface area contributed by atoms with Crippen LogP contribution in [-0.4, -0.2) is 85.1 Å². The lowest BCUT2D eigenvalue weighted by molar-refractivity contribution is -0.124. The summed E-state index contributed by atoms with van der Waals surface area (Å²) in [6.45, 7) is 11.2. The number of nitrogens with zero attached hydrogens (tertiary/aromatic N) is 1. The first-order valence-electron chi connectivity index (χ1n) is 13.6. The van der Waals surface area contributed by atoms with Crippen molar-refractivity contribution in [1.82, 2.24) is 21.0 Å². The van der Waals surface area contributed by atoms with Gasteiger partial charge in [0.05, 0.1) is 30.9 Å². The molecule has 1 aliphatic heterocycles. The van der Waals surface area contributed by atoms with Crippen molar-refractivity contribution in [2.24, 2.45) is 0 Å². The molecule has 0 radical (unpaired) electrons. The van der Waals surface area contributed by atoms with Gasteiger partial charge in [0.1, 0.15) is 17.2 Å². The van der Waals surface area contributed by atoms with Gasteiger partial charge in [0, 0.05) is 13.1 Å². The number of alkyl carbamates (subject to hydrolysis) is 2. The highest BCUT2D eigenvalue weighted by Crippen LogP contribution is 2.22. The van der Waals surface area contributed by atoms with E-state index in [0.29, 0.717) is 30.9 Å². The van der Waals surface area contributed by atoms with Gasteiger partial charge < -0.3 is 30.2 Å². The third-order valence-electron chi connectivity index (χ3n) is 5.35. The fourth-order valence-corrected chi connectivity index (χ4v) is 3.64. The average molecular weight is 579 g/mol. The van der Waals surface area contributed by atoms with Crippen LogP contribution in [0, 0.1) is 0 Å². The predicted octanol–water partition coefficient (Wildman–Crippen LogP) is 2.94. The van der Waals surface area contributed by atoms with Crippen LogP contribution in [0.3, 0.4) is 0 Å². The van der Waals surface area contributed by atoms with Gasteiger partial charge in [-0.1, -0.05) is 12.1 Å². The number of ether oxygens (including phenoxy) is 3. The van der Waals surface area contributed by atoms with Gasteiger partial charge >= 0.3 is 12.2 Å². The molecule has 0 fully saturated rings. The highest BCUT2D eigenvalue weighted by Gasteiger charge is 2.36. The lowest BCUT2D eigenvalue weighted by Gasteiger charge is -2.23. The van der Waals surface area contributed by atoms with E-state index < -0.39 is 47.2 Å². The molecule has 1 atom stereocenters. The van der Waals surface area contributed by atoms with Crippen molar-refractivity contribution in [2.75, 3.05) is 32.9 Å². The van der Waals surface area contributed by atoms with Crippen LogP contribution in [0.4, 0.5) is 9.59 Å². The lowest BCUT2D eigenvalue weighted by atomic mass is 10.1. The van der Waals surface area contributed by atoms with E-state index in [2.05, 4.69) is 16.0 Å². The van der Waals surface area contributed by atoms with Gasteiger partial charge in [-0.05, 0) is 72.9 Å². The summed E-state index contributed by atoms with van der Waals surface area (Å²) in [7, 11) is 0. The van der Waals surface area contributed by atoms with Crippen LogP contribution in [0.25, 0.3) is 0 Å². The number of carbonyl (C=O) groups excluding carboxylic acids is 5. The molecule has 13 nitrogen and oxygen atoms in total. The number of rotatable bonds is 14. The molecular formula is C28H42N4O9. The minimum atomic E-state index is -0.858. The molecule has 1 aromatic rings. The number of nitrogens with one attached hydrogen (secondary N) is 3. The largest absolute Gasteiger partial charge is 0.444 e. The van der Waals surface area contributed by atoms with E-state index in [1.807, 2.05) is 0 Å². The third kappa shape index (κ3) is 12.1. The molecule has 5 amide bonds. The maximum atomic E-state index is 12.8. The second-order valence-corrected chi connectivity index (χ2v) is 11.3. The van der Waals surface area contributed by atoms with Crippen molar-refractivity contribution in [2.45, 2.75) is 78.0 Å². The fourth-order valence-electron chi connectivity index (χ4n) is 3.64. The molecule has 0 aliphatic carbocycles. The van der Waals surface area contributed by atoms with E-state index in [4.69, 9.17) is 19.0 Å². The van der Waals surface area contributed by atoms with Gasteiger partial charge in [0.25, 0.3) is 11.8 Å². The molecule has 3 N–H and O–H groups in total. The molecule has 13 heteroatoms. The van der Waals surface area contributed by atoms with Crippen molar-refractivity contribution < 1.29 is 43.0 Å². The Labute approximate surface area is 240 Å². The average Bonchev–Trinajstić information content (AvgIpc) is 3.09. The third-order valence-corrected chi connectivity index (χ3v) is 5.35. The number of hydrogen-bond donors (Lipinski definition) is 3. The van der Waals surface area contributed by atoms with Gasteiger partial charge in [0.2, 0.25) is 5.91 Å². The molecule has 228 valence electrons. The van der Waals surface area contributed by atoms with Crippen molar-refractivity contribution in [3.8, 4) is 0 Å². The second-order valence-electron chi connectivity index (χ2n) is 11.3. The van der Waals surface area contributed by atoms with Crippen molar-refractivity contribution >= 4 is 29.9 Å². The lowest BCUT2D eigenvalue weighted by Crippen LogP contribution is -2.48. The zero-order valence-electron chi connectivity index (χ0n) is 24.7. The van der Waals surface area contributed by atoms with Crippen molar-refractivity contribution in [3.63, 3.8) is 0 Å². The van der Waals surface area contributed by atoms with Crippen LogP contribution in [0.1, 0.15) is 81.5 Å². The molecule has 0 unspecified atom stereocenters. The zero-order chi connectivity index (χ0) is 30.6. The van der Waals surface area contributed by atoms with E-state index in [1.54, 1.807) is 65.8 Å². The summed E-state index contributed by atoms with van der Waals surface area (Å²) < 4.78 is 15.9. The Morgan fingerprint density at radius 1 is 0.780 bits per heavy atom. The number of amides is 5. The van der Waals surface area contributed by atoms with Crippen LogP contribution in [0.15, 0.2) is 24.3 Å². The standard InChI is InChI=1S/C28H42N4O9/c1-27(2,3)40-25(36)30-14-10-9-13-21(31-26(37)41-28(4,5)6)22(33)29-15-16-38-17-18-39-32-23(34)19-11-7-8-12-20(19)24(32)35/h7-8,11-12,21H,9-10,13-18H2,1-6H3,(H,29,33)(H,30,36)(H,31,37)/t21-/m1/s1. The molecule has 2 rings (SSSR count). The van der Waals surface area contributed by atoms with E-state index in [1.165, 1.54) is 0 Å².